The number of nitrogens with one attached hydrogen (secondary N) is 2. The van der Waals surface area contributed by atoms with Crippen LogP contribution in [0.4, 0.5) is 0 Å². The van der Waals surface area contributed by atoms with Crippen LogP contribution in [0.5, 0.6) is 0 Å². The Balaban J connectivity index is 0. The molecular formula is C8H18Br2N2O2. The van der Waals surface area contributed by atoms with Crippen LogP contribution in [0.3, 0.4) is 0 Å². The normalized spacial score (nSPS) is 19.4. The first-order valence-electron chi connectivity index (χ1n) is 4.36. The first-order chi connectivity index (χ1) is 5.79. The molecule has 0 aromatic carbocycles. The van der Waals surface area contributed by atoms with E-state index >= 15 is 0 Å². The Morgan fingerprint density at radius 3 is 2.79 bits per heavy atom. The summed E-state index contributed by atoms with van der Waals surface area (Å²) in [5.41, 5.74) is 0. The van der Waals surface area contributed by atoms with Crippen LogP contribution >= 0.6 is 34.0 Å². The van der Waals surface area contributed by atoms with Crippen molar-refractivity contribution in [1.29, 1.82) is 0 Å². The van der Waals surface area contributed by atoms with Gasteiger partial charge in [-0.15, -0.1) is 34.0 Å². The monoisotopic (exact) mass is 332 g/mol. The molecular weight excluding hydrogens is 316 g/mol. The highest BCUT2D eigenvalue weighted by atomic mass is 79.9. The minimum Gasteiger partial charge on any atom is -0.465 e. The second-order valence-corrected chi connectivity index (χ2v) is 2.98. The summed E-state index contributed by atoms with van der Waals surface area (Å²) < 4.78 is 4.78. The second kappa shape index (κ2) is 9.89. The summed E-state index contributed by atoms with van der Waals surface area (Å²) in [6.45, 7) is 4.78. The van der Waals surface area contributed by atoms with Crippen molar-refractivity contribution in [3.05, 3.63) is 0 Å². The number of hydrogen-bond donors (Lipinski definition) is 2. The van der Waals surface area contributed by atoms with Crippen molar-refractivity contribution in [2.45, 2.75) is 19.4 Å². The molecule has 0 aromatic heterocycles. The van der Waals surface area contributed by atoms with E-state index in [2.05, 4.69) is 10.6 Å². The molecule has 1 fully saturated rings. The molecule has 1 aliphatic rings. The van der Waals surface area contributed by atoms with Gasteiger partial charge in [-0.2, -0.15) is 0 Å². The fourth-order valence-corrected chi connectivity index (χ4v) is 1.29. The van der Waals surface area contributed by atoms with E-state index in [1.54, 1.807) is 0 Å². The molecule has 0 aliphatic carbocycles. The molecule has 1 aliphatic heterocycles. The van der Waals surface area contributed by atoms with Crippen molar-refractivity contribution >= 4 is 39.9 Å². The van der Waals surface area contributed by atoms with Crippen molar-refractivity contribution < 1.29 is 9.53 Å². The van der Waals surface area contributed by atoms with E-state index in [1.807, 2.05) is 0 Å². The zero-order valence-electron chi connectivity index (χ0n) is 8.25. The van der Waals surface area contributed by atoms with Gasteiger partial charge < -0.3 is 15.4 Å². The van der Waals surface area contributed by atoms with Gasteiger partial charge in [0, 0.05) is 26.1 Å². The maximum atomic E-state index is 10.4. The van der Waals surface area contributed by atoms with E-state index in [0.29, 0.717) is 12.6 Å². The summed E-state index contributed by atoms with van der Waals surface area (Å²) in [6.07, 6.45) is 1.17. The molecule has 0 aromatic rings. The summed E-state index contributed by atoms with van der Waals surface area (Å²) in [7, 11) is 0. The van der Waals surface area contributed by atoms with Gasteiger partial charge in [0.15, 0.2) is 0 Å². The van der Waals surface area contributed by atoms with Crippen LogP contribution < -0.4 is 10.6 Å². The third-order valence-electron chi connectivity index (χ3n) is 1.90. The minimum absolute atomic E-state index is 0. The zero-order chi connectivity index (χ0) is 8.81. The van der Waals surface area contributed by atoms with Crippen LogP contribution in [-0.2, 0) is 9.53 Å². The van der Waals surface area contributed by atoms with Crippen molar-refractivity contribution in [3.8, 4) is 0 Å². The summed E-state index contributed by atoms with van der Waals surface area (Å²) in [4.78, 5) is 10.4. The molecule has 1 saturated heterocycles. The first kappa shape index (κ1) is 16.8. The van der Waals surface area contributed by atoms with E-state index in [9.17, 15) is 4.79 Å². The average Bonchev–Trinajstić information content (AvgIpc) is 2.49. The third-order valence-corrected chi connectivity index (χ3v) is 1.90. The highest BCUT2D eigenvalue weighted by Crippen LogP contribution is 1.95. The van der Waals surface area contributed by atoms with Crippen LogP contribution in [-0.4, -0.2) is 38.3 Å². The molecule has 0 radical (unpaired) electrons. The van der Waals surface area contributed by atoms with Crippen LogP contribution in [0.25, 0.3) is 0 Å². The molecule has 14 heavy (non-hydrogen) atoms. The molecule has 0 bridgehead atoms. The van der Waals surface area contributed by atoms with Crippen LogP contribution in [0, 0.1) is 0 Å². The highest BCUT2D eigenvalue weighted by molar-refractivity contribution is 8.93. The van der Waals surface area contributed by atoms with Gasteiger partial charge in [0.05, 0.1) is 0 Å². The topological polar surface area (TPSA) is 50.4 Å². The lowest BCUT2D eigenvalue weighted by molar-refractivity contribution is -0.140. The van der Waals surface area contributed by atoms with Crippen molar-refractivity contribution in [1.82, 2.24) is 10.6 Å². The molecule has 6 heteroatoms. The predicted octanol–water partition coefficient (Wildman–Crippen LogP) is 0.657. The van der Waals surface area contributed by atoms with Crippen molar-refractivity contribution in [2.24, 2.45) is 0 Å². The maximum absolute atomic E-state index is 10.4. The lowest BCUT2D eigenvalue weighted by Gasteiger charge is -2.10. The molecule has 1 atom stereocenters. The average molecular weight is 334 g/mol. The lowest BCUT2D eigenvalue weighted by Crippen LogP contribution is -2.33. The molecule has 0 spiro atoms. The number of esters is 1. The van der Waals surface area contributed by atoms with Gasteiger partial charge in [-0.05, 0) is 13.0 Å². The van der Waals surface area contributed by atoms with Crippen LogP contribution in [0.15, 0.2) is 0 Å². The molecule has 1 rings (SSSR count). The lowest BCUT2D eigenvalue weighted by atomic mass is 10.3. The molecule has 86 valence electrons. The second-order valence-electron chi connectivity index (χ2n) is 2.98. The first-order valence-corrected chi connectivity index (χ1v) is 4.36. The Bertz CT molecular complexity index is 152. The fourth-order valence-electron chi connectivity index (χ4n) is 1.29. The van der Waals surface area contributed by atoms with E-state index in [1.165, 1.54) is 13.3 Å². The molecule has 1 heterocycles. The van der Waals surface area contributed by atoms with Crippen LogP contribution in [0.1, 0.15) is 13.3 Å². The van der Waals surface area contributed by atoms with Gasteiger partial charge in [-0.3, -0.25) is 4.79 Å². The number of carbonyl (C=O) groups is 1. The van der Waals surface area contributed by atoms with Crippen molar-refractivity contribution in [2.75, 3.05) is 26.2 Å². The number of carbonyl (C=O) groups excluding carboxylic acids is 1. The standard InChI is InChI=1S/C8H16N2O2.2BrH/c1-7(11)12-5-4-10-8-2-3-9-6-8;;/h8-10H,2-6H2,1H3;2*1H/t8-;;/m0../s1. The van der Waals surface area contributed by atoms with Gasteiger partial charge in [0.1, 0.15) is 6.61 Å². The number of rotatable bonds is 4. The molecule has 2 N–H and O–H groups in total. The summed E-state index contributed by atoms with van der Waals surface area (Å²) in [5, 5.41) is 6.55. The highest BCUT2D eigenvalue weighted by Gasteiger charge is 2.12. The Labute approximate surface area is 106 Å². The number of halogens is 2. The minimum atomic E-state index is -0.207. The maximum Gasteiger partial charge on any atom is 0.302 e. The summed E-state index contributed by atoms with van der Waals surface area (Å²) in [5.74, 6) is -0.207. The Morgan fingerprint density at radius 1 is 1.57 bits per heavy atom. The van der Waals surface area contributed by atoms with E-state index < -0.39 is 0 Å². The van der Waals surface area contributed by atoms with Gasteiger partial charge >= 0.3 is 5.97 Å². The Hall–Kier alpha value is 0.350. The number of hydrogen-bond acceptors (Lipinski definition) is 4. The largest absolute Gasteiger partial charge is 0.465 e. The van der Waals surface area contributed by atoms with Gasteiger partial charge in [0.25, 0.3) is 0 Å². The molecule has 0 amide bonds. The Kier molecular flexibility index (Phi) is 11.8. The van der Waals surface area contributed by atoms with Crippen molar-refractivity contribution in [3.63, 3.8) is 0 Å². The van der Waals surface area contributed by atoms with Gasteiger partial charge in [-0.25, -0.2) is 0 Å². The fraction of sp³-hybridized carbons (Fsp3) is 0.875. The Morgan fingerprint density at radius 2 is 2.29 bits per heavy atom. The quantitative estimate of drug-likeness (QED) is 0.586. The zero-order valence-corrected chi connectivity index (χ0v) is 11.7. The molecule has 0 unspecified atom stereocenters. The van der Waals surface area contributed by atoms with E-state index in [0.717, 1.165) is 19.6 Å². The SMILES string of the molecule is Br.Br.CC(=O)OCCN[C@H]1CCNC1. The molecule has 4 nitrogen and oxygen atoms in total. The summed E-state index contributed by atoms with van der Waals surface area (Å²) in [6, 6.07) is 0.556. The van der Waals surface area contributed by atoms with E-state index in [4.69, 9.17) is 4.74 Å². The van der Waals surface area contributed by atoms with Gasteiger partial charge in [-0.1, -0.05) is 0 Å². The molecule has 0 saturated carbocycles. The smallest absolute Gasteiger partial charge is 0.302 e. The van der Waals surface area contributed by atoms with Crippen LogP contribution in [0.2, 0.25) is 0 Å². The predicted molar refractivity (Wildman–Crippen MR) is 66.6 cm³/mol. The van der Waals surface area contributed by atoms with Gasteiger partial charge in [0.2, 0.25) is 0 Å². The third kappa shape index (κ3) is 7.73. The summed E-state index contributed by atoms with van der Waals surface area (Å²) >= 11 is 0. The number of ether oxygens (including phenoxy) is 1. The van der Waals surface area contributed by atoms with E-state index in [-0.39, 0.29) is 39.9 Å².